The van der Waals surface area contributed by atoms with Gasteiger partial charge in [0.1, 0.15) is 0 Å². The molecule has 3 N–H and O–H groups in total. The van der Waals surface area contributed by atoms with E-state index in [0.29, 0.717) is 11.3 Å². The molecule has 0 saturated carbocycles. The van der Waals surface area contributed by atoms with Crippen molar-refractivity contribution in [1.29, 1.82) is 0 Å². The number of carbonyl (C=O) groups is 1. The number of benzene rings is 1. The minimum atomic E-state index is -0.141. The molecule has 0 aliphatic carbocycles. The Hall–Kier alpha value is -1.29. The van der Waals surface area contributed by atoms with E-state index in [9.17, 15) is 4.79 Å². The molecule has 16 heavy (non-hydrogen) atoms. The minimum absolute atomic E-state index is 0.0629. The zero-order chi connectivity index (χ0) is 12.3. The van der Waals surface area contributed by atoms with Gasteiger partial charge in [-0.2, -0.15) is 0 Å². The maximum Gasteiger partial charge on any atom is 0.252 e. The largest absolute Gasteiger partial charge is 0.398 e. The van der Waals surface area contributed by atoms with E-state index >= 15 is 0 Å². The second kappa shape index (κ2) is 5.16. The highest BCUT2D eigenvalue weighted by molar-refractivity contribution is 9.10. The third-order valence-corrected chi connectivity index (χ3v) is 2.83. The van der Waals surface area contributed by atoms with E-state index in [1.165, 1.54) is 0 Å². The molecule has 1 atom stereocenters. The number of nitrogen functional groups attached to an aromatic ring is 1. The Morgan fingerprint density at radius 3 is 2.81 bits per heavy atom. The van der Waals surface area contributed by atoms with E-state index in [1.54, 1.807) is 18.2 Å². The number of anilines is 1. The van der Waals surface area contributed by atoms with Crippen molar-refractivity contribution in [2.45, 2.75) is 19.9 Å². The maximum atomic E-state index is 11.9. The molecule has 0 fully saturated rings. The van der Waals surface area contributed by atoms with Crippen LogP contribution in [0.5, 0.6) is 0 Å². The van der Waals surface area contributed by atoms with Gasteiger partial charge in [0, 0.05) is 21.8 Å². The van der Waals surface area contributed by atoms with Crippen molar-refractivity contribution in [2.24, 2.45) is 0 Å². The van der Waals surface area contributed by atoms with E-state index < -0.39 is 0 Å². The first-order valence-electron chi connectivity index (χ1n) is 4.94. The van der Waals surface area contributed by atoms with Crippen molar-refractivity contribution >= 4 is 27.5 Å². The molecule has 0 aliphatic heterocycles. The molecule has 4 heteroatoms. The molecule has 0 bridgehead atoms. The number of halogens is 1. The van der Waals surface area contributed by atoms with Crippen LogP contribution in [0, 0.1) is 6.92 Å². The van der Waals surface area contributed by atoms with Crippen LogP contribution in [-0.2, 0) is 0 Å². The predicted molar refractivity (Wildman–Crippen MR) is 70.4 cm³/mol. The van der Waals surface area contributed by atoms with Gasteiger partial charge >= 0.3 is 0 Å². The molecule has 0 aliphatic rings. The summed E-state index contributed by atoms with van der Waals surface area (Å²) in [6.07, 6.45) is 1.68. The number of nitrogens with one attached hydrogen (secondary N) is 1. The maximum absolute atomic E-state index is 11.9. The average molecular weight is 283 g/mol. The highest BCUT2D eigenvalue weighted by Crippen LogP contribution is 2.22. The third-order valence-electron chi connectivity index (χ3n) is 2.37. The van der Waals surface area contributed by atoms with Gasteiger partial charge in [0.15, 0.2) is 0 Å². The Morgan fingerprint density at radius 2 is 2.25 bits per heavy atom. The number of hydrogen-bond acceptors (Lipinski definition) is 2. The summed E-state index contributed by atoms with van der Waals surface area (Å²) in [4.78, 5) is 11.9. The SMILES string of the molecule is C=CC(C)NC(=O)c1cc(Br)cc(N)c1C. The second-order valence-corrected chi connectivity index (χ2v) is 4.58. The molecule has 0 heterocycles. The minimum Gasteiger partial charge on any atom is -0.398 e. The summed E-state index contributed by atoms with van der Waals surface area (Å²) < 4.78 is 0.798. The fraction of sp³-hybridized carbons (Fsp3) is 0.250. The molecule has 1 unspecified atom stereocenters. The molecular weight excluding hydrogens is 268 g/mol. The Morgan fingerprint density at radius 1 is 1.62 bits per heavy atom. The quantitative estimate of drug-likeness (QED) is 0.662. The van der Waals surface area contributed by atoms with Crippen molar-refractivity contribution in [3.63, 3.8) is 0 Å². The molecule has 1 rings (SSSR count). The van der Waals surface area contributed by atoms with Crippen molar-refractivity contribution < 1.29 is 4.79 Å². The Balaban J connectivity index is 3.04. The molecule has 0 radical (unpaired) electrons. The van der Waals surface area contributed by atoms with Gasteiger partial charge in [-0.3, -0.25) is 4.79 Å². The molecule has 1 aromatic carbocycles. The zero-order valence-corrected chi connectivity index (χ0v) is 11.0. The van der Waals surface area contributed by atoms with Crippen molar-refractivity contribution in [2.75, 3.05) is 5.73 Å². The Labute approximate surface area is 104 Å². The number of amides is 1. The second-order valence-electron chi connectivity index (χ2n) is 3.67. The Bertz CT molecular complexity index is 429. The molecular formula is C12H15BrN2O. The van der Waals surface area contributed by atoms with Gasteiger partial charge in [0.05, 0.1) is 0 Å². The van der Waals surface area contributed by atoms with Gasteiger partial charge in [-0.15, -0.1) is 6.58 Å². The van der Waals surface area contributed by atoms with Crippen LogP contribution >= 0.6 is 15.9 Å². The number of rotatable bonds is 3. The van der Waals surface area contributed by atoms with E-state index in [2.05, 4.69) is 27.8 Å². The summed E-state index contributed by atoms with van der Waals surface area (Å²) >= 11 is 3.32. The van der Waals surface area contributed by atoms with Crippen molar-refractivity contribution in [1.82, 2.24) is 5.32 Å². The fourth-order valence-electron chi connectivity index (χ4n) is 1.28. The standard InChI is InChI=1S/C12H15BrN2O/c1-4-7(2)15-12(16)10-5-9(13)6-11(14)8(10)3/h4-7H,1,14H2,2-3H3,(H,15,16). The molecule has 0 aromatic heterocycles. The van der Waals surface area contributed by atoms with Crippen molar-refractivity contribution in [3.8, 4) is 0 Å². The van der Waals surface area contributed by atoms with Crippen LogP contribution in [0.25, 0.3) is 0 Å². The van der Waals surface area contributed by atoms with Gasteiger partial charge in [-0.1, -0.05) is 22.0 Å². The molecule has 86 valence electrons. The Kier molecular flexibility index (Phi) is 4.12. The average Bonchev–Trinajstić information content (AvgIpc) is 2.22. The monoisotopic (exact) mass is 282 g/mol. The van der Waals surface area contributed by atoms with Crippen molar-refractivity contribution in [3.05, 3.63) is 40.4 Å². The van der Waals surface area contributed by atoms with Crippen LogP contribution in [-0.4, -0.2) is 11.9 Å². The zero-order valence-electron chi connectivity index (χ0n) is 9.38. The molecule has 1 aromatic rings. The lowest BCUT2D eigenvalue weighted by Gasteiger charge is -2.12. The van der Waals surface area contributed by atoms with Crippen LogP contribution in [0.2, 0.25) is 0 Å². The number of nitrogens with two attached hydrogens (primary N) is 1. The first-order chi connectivity index (χ1) is 7.45. The van der Waals surface area contributed by atoms with Crippen LogP contribution in [0.15, 0.2) is 29.3 Å². The highest BCUT2D eigenvalue weighted by atomic mass is 79.9. The first-order valence-corrected chi connectivity index (χ1v) is 5.74. The summed E-state index contributed by atoms with van der Waals surface area (Å²) in [6.45, 7) is 7.31. The van der Waals surface area contributed by atoms with Gasteiger partial charge in [-0.25, -0.2) is 0 Å². The lowest BCUT2D eigenvalue weighted by molar-refractivity contribution is 0.0946. The van der Waals surface area contributed by atoms with Crippen LogP contribution < -0.4 is 11.1 Å². The third kappa shape index (κ3) is 2.85. The van der Waals surface area contributed by atoms with Crippen LogP contribution in [0.4, 0.5) is 5.69 Å². The number of carbonyl (C=O) groups excluding carboxylic acids is 1. The summed E-state index contributed by atoms with van der Waals surface area (Å²) in [7, 11) is 0. The van der Waals surface area contributed by atoms with Gasteiger partial charge in [-0.05, 0) is 31.5 Å². The van der Waals surface area contributed by atoms with E-state index in [-0.39, 0.29) is 11.9 Å². The molecule has 0 saturated heterocycles. The first kappa shape index (κ1) is 12.8. The summed E-state index contributed by atoms with van der Waals surface area (Å²) in [5.74, 6) is -0.141. The predicted octanol–water partition coefficient (Wildman–Crippen LogP) is 2.64. The molecule has 1 amide bonds. The van der Waals surface area contributed by atoms with Crippen LogP contribution in [0.3, 0.4) is 0 Å². The lowest BCUT2D eigenvalue weighted by atomic mass is 10.1. The summed E-state index contributed by atoms with van der Waals surface area (Å²) in [6, 6.07) is 3.48. The van der Waals surface area contributed by atoms with E-state index in [0.717, 1.165) is 10.0 Å². The van der Waals surface area contributed by atoms with Gasteiger partial charge in [0.2, 0.25) is 0 Å². The summed E-state index contributed by atoms with van der Waals surface area (Å²) in [5.41, 5.74) is 7.77. The molecule has 0 spiro atoms. The van der Waals surface area contributed by atoms with Gasteiger partial charge in [0.25, 0.3) is 5.91 Å². The highest BCUT2D eigenvalue weighted by Gasteiger charge is 2.13. The molecule has 3 nitrogen and oxygen atoms in total. The van der Waals surface area contributed by atoms with Gasteiger partial charge < -0.3 is 11.1 Å². The fourth-order valence-corrected chi connectivity index (χ4v) is 1.75. The summed E-state index contributed by atoms with van der Waals surface area (Å²) in [5, 5.41) is 2.81. The normalized spacial score (nSPS) is 11.9. The lowest BCUT2D eigenvalue weighted by Crippen LogP contribution is -2.31. The smallest absolute Gasteiger partial charge is 0.252 e. The topological polar surface area (TPSA) is 55.1 Å². The number of hydrogen-bond donors (Lipinski definition) is 2. The van der Waals surface area contributed by atoms with E-state index in [4.69, 9.17) is 5.73 Å². The van der Waals surface area contributed by atoms with E-state index in [1.807, 2.05) is 13.8 Å². The van der Waals surface area contributed by atoms with Crippen LogP contribution in [0.1, 0.15) is 22.8 Å².